The maximum Gasteiger partial charge on any atom is 0.410 e. The van der Waals surface area contributed by atoms with Gasteiger partial charge in [0.25, 0.3) is 5.69 Å². The Morgan fingerprint density at radius 2 is 1.87 bits per heavy atom. The topological polar surface area (TPSA) is 139 Å². The number of aliphatic hydroxyl groups is 1. The van der Waals surface area contributed by atoms with Gasteiger partial charge in [-0.1, -0.05) is 30.3 Å². The molecule has 2 unspecified atom stereocenters. The number of likely N-dealkylation sites (tertiary alicyclic amines) is 1. The summed E-state index contributed by atoms with van der Waals surface area (Å²) in [5.41, 5.74) is 0.605. The van der Waals surface area contributed by atoms with Crippen LogP contribution in [0.15, 0.2) is 59.5 Å². The SMILES string of the molecule is O=C(OCc1ccccc1)N1CCC(NS(=O)(=O)c2ccc([N+](=O)[O-])cc2)C(O)C1. The molecule has 30 heavy (non-hydrogen) atoms. The smallest absolute Gasteiger partial charge is 0.410 e. The second-order valence-electron chi connectivity index (χ2n) is 6.82. The second-order valence-corrected chi connectivity index (χ2v) is 8.53. The summed E-state index contributed by atoms with van der Waals surface area (Å²) in [5, 5.41) is 21.0. The number of ether oxygens (including phenoxy) is 1. The molecule has 0 saturated carbocycles. The van der Waals surface area contributed by atoms with Gasteiger partial charge in [0.1, 0.15) is 6.61 Å². The van der Waals surface area contributed by atoms with E-state index in [4.69, 9.17) is 4.74 Å². The van der Waals surface area contributed by atoms with Crippen LogP contribution >= 0.6 is 0 Å². The summed E-state index contributed by atoms with van der Waals surface area (Å²) in [4.78, 5) is 23.5. The van der Waals surface area contributed by atoms with E-state index in [9.17, 15) is 28.4 Å². The lowest BCUT2D eigenvalue weighted by molar-refractivity contribution is -0.384. The molecule has 2 N–H and O–H groups in total. The van der Waals surface area contributed by atoms with Gasteiger partial charge in [0, 0.05) is 18.7 Å². The van der Waals surface area contributed by atoms with E-state index in [-0.39, 0.29) is 36.7 Å². The van der Waals surface area contributed by atoms with Crippen LogP contribution in [0, 0.1) is 10.1 Å². The highest BCUT2D eigenvalue weighted by Crippen LogP contribution is 2.19. The number of non-ortho nitro benzene ring substituents is 1. The lowest BCUT2D eigenvalue weighted by Crippen LogP contribution is -2.55. The molecule has 10 nitrogen and oxygen atoms in total. The van der Waals surface area contributed by atoms with Crippen LogP contribution in [0.25, 0.3) is 0 Å². The number of piperidine rings is 1. The van der Waals surface area contributed by atoms with Crippen molar-refractivity contribution in [2.75, 3.05) is 13.1 Å². The molecule has 160 valence electrons. The van der Waals surface area contributed by atoms with Gasteiger partial charge in [-0.15, -0.1) is 0 Å². The van der Waals surface area contributed by atoms with E-state index < -0.39 is 33.2 Å². The highest BCUT2D eigenvalue weighted by atomic mass is 32.2. The quantitative estimate of drug-likeness (QED) is 0.519. The molecule has 1 aliphatic heterocycles. The fourth-order valence-electron chi connectivity index (χ4n) is 3.06. The van der Waals surface area contributed by atoms with Gasteiger partial charge in [0.05, 0.1) is 28.5 Å². The highest BCUT2D eigenvalue weighted by Gasteiger charge is 2.34. The summed E-state index contributed by atoms with van der Waals surface area (Å²) in [6.45, 7) is 0.224. The van der Waals surface area contributed by atoms with Crippen molar-refractivity contribution in [3.05, 3.63) is 70.3 Å². The Balaban J connectivity index is 1.55. The van der Waals surface area contributed by atoms with Gasteiger partial charge < -0.3 is 14.7 Å². The second kappa shape index (κ2) is 9.20. The Labute approximate surface area is 173 Å². The van der Waals surface area contributed by atoms with Gasteiger partial charge >= 0.3 is 6.09 Å². The Kier molecular flexibility index (Phi) is 6.65. The minimum atomic E-state index is -3.99. The molecular formula is C19H21N3O7S. The summed E-state index contributed by atoms with van der Waals surface area (Å²) in [6, 6.07) is 12.8. The van der Waals surface area contributed by atoms with Crippen LogP contribution in [-0.2, 0) is 21.4 Å². The van der Waals surface area contributed by atoms with E-state index in [1.807, 2.05) is 30.3 Å². The number of hydrogen-bond acceptors (Lipinski definition) is 7. The summed E-state index contributed by atoms with van der Waals surface area (Å²) < 4.78 is 32.6. The number of rotatable bonds is 6. The fraction of sp³-hybridized carbons (Fsp3) is 0.316. The van der Waals surface area contributed by atoms with Crippen LogP contribution < -0.4 is 4.72 Å². The van der Waals surface area contributed by atoms with E-state index in [0.717, 1.165) is 29.8 Å². The molecule has 0 bridgehead atoms. The zero-order chi connectivity index (χ0) is 21.7. The molecular weight excluding hydrogens is 414 g/mol. The van der Waals surface area contributed by atoms with Crippen molar-refractivity contribution in [1.82, 2.24) is 9.62 Å². The lowest BCUT2D eigenvalue weighted by Gasteiger charge is -2.35. The number of carbonyl (C=O) groups excluding carboxylic acids is 1. The molecule has 0 spiro atoms. The van der Waals surface area contributed by atoms with Crippen molar-refractivity contribution in [2.45, 2.75) is 30.1 Å². The molecule has 0 aliphatic carbocycles. The molecule has 3 rings (SSSR count). The van der Waals surface area contributed by atoms with Crippen LogP contribution in [0.1, 0.15) is 12.0 Å². The van der Waals surface area contributed by atoms with Gasteiger partial charge in [-0.05, 0) is 24.1 Å². The monoisotopic (exact) mass is 435 g/mol. The number of aliphatic hydroxyl groups excluding tert-OH is 1. The zero-order valence-corrected chi connectivity index (χ0v) is 16.7. The third-order valence-electron chi connectivity index (χ3n) is 4.71. The number of sulfonamides is 1. The van der Waals surface area contributed by atoms with Crippen molar-refractivity contribution in [1.29, 1.82) is 0 Å². The summed E-state index contributed by atoms with van der Waals surface area (Å²) in [6.07, 6.45) is -1.53. The van der Waals surface area contributed by atoms with Crippen molar-refractivity contribution in [3.8, 4) is 0 Å². The fourth-order valence-corrected chi connectivity index (χ4v) is 4.36. The van der Waals surface area contributed by atoms with Crippen molar-refractivity contribution >= 4 is 21.8 Å². The zero-order valence-electron chi connectivity index (χ0n) is 15.9. The third kappa shape index (κ3) is 5.32. The Morgan fingerprint density at radius 1 is 1.20 bits per heavy atom. The minimum absolute atomic E-state index is 0.0823. The molecule has 2 aromatic carbocycles. The number of nitro benzene ring substituents is 1. The maximum atomic E-state index is 12.5. The van der Waals surface area contributed by atoms with Crippen molar-refractivity contribution in [3.63, 3.8) is 0 Å². The van der Waals surface area contributed by atoms with E-state index in [2.05, 4.69) is 4.72 Å². The molecule has 11 heteroatoms. The van der Waals surface area contributed by atoms with E-state index in [0.29, 0.717) is 0 Å². The molecule has 0 aromatic heterocycles. The van der Waals surface area contributed by atoms with Crippen LogP contribution in [0.5, 0.6) is 0 Å². The molecule has 1 amide bonds. The number of amides is 1. The Morgan fingerprint density at radius 3 is 2.47 bits per heavy atom. The number of carbonyl (C=O) groups is 1. The first-order chi connectivity index (χ1) is 14.3. The Hall–Kier alpha value is -3.02. The van der Waals surface area contributed by atoms with E-state index in [1.54, 1.807) is 0 Å². The van der Waals surface area contributed by atoms with E-state index in [1.165, 1.54) is 4.90 Å². The Bertz CT molecular complexity index is 997. The molecule has 1 fully saturated rings. The first-order valence-electron chi connectivity index (χ1n) is 9.17. The minimum Gasteiger partial charge on any atom is -0.445 e. The molecule has 1 aliphatic rings. The first-order valence-corrected chi connectivity index (χ1v) is 10.6. The average molecular weight is 435 g/mol. The summed E-state index contributed by atoms with van der Waals surface area (Å²) in [7, 11) is -3.99. The summed E-state index contributed by atoms with van der Waals surface area (Å²) in [5.74, 6) is 0. The number of benzene rings is 2. The largest absolute Gasteiger partial charge is 0.445 e. The molecule has 2 atom stereocenters. The van der Waals surface area contributed by atoms with Crippen LogP contribution in [0.3, 0.4) is 0 Å². The van der Waals surface area contributed by atoms with Crippen molar-refractivity contribution in [2.24, 2.45) is 0 Å². The molecule has 1 heterocycles. The van der Waals surface area contributed by atoms with Gasteiger partial charge in [-0.25, -0.2) is 17.9 Å². The van der Waals surface area contributed by atoms with E-state index >= 15 is 0 Å². The summed E-state index contributed by atoms with van der Waals surface area (Å²) >= 11 is 0. The number of hydrogen-bond donors (Lipinski definition) is 2. The molecule has 0 radical (unpaired) electrons. The predicted octanol–water partition coefficient (Wildman–Crippen LogP) is 1.65. The average Bonchev–Trinajstić information content (AvgIpc) is 2.74. The van der Waals surface area contributed by atoms with Crippen LogP contribution in [0.2, 0.25) is 0 Å². The lowest BCUT2D eigenvalue weighted by atomic mass is 10.0. The van der Waals surface area contributed by atoms with Gasteiger partial charge in [-0.3, -0.25) is 10.1 Å². The van der Waals surface area contributed by atoms with Gasteiger partial charge in [0.15, 0.2) is 0 Å². The number of nitro groups is 1. The normalized spacial score (nSPS) is 19.3. The highest BCUT2D eigenvalue weighted by molar-refractivity contribution is 7.89. The van der Waals surface area contributed by atoms with Gasteiger partial charge in [0.2, 0.25) is 10.0 Å². The maximum absolute atomic E-state index is 12.5. The predicted molar refractivity (Wildman–Crippen MR) is 106 cm³/mol. The number of nitrogens with zero attached hydrogens (tertiary/aromatic N) is 2. The third-order valence-corrected chi connectivity index (χ3v) is 6.22. The van der Waals surface area contributed by atoms with Crippen LogP contribution in [-0.4, -0.2) is 54.7 Å². The standard InChI is InChI=1S/C19H21N3O7S/c23-18-12-21(19(24)29-13-14-4-2-1-3-5-14)11-10-17(18)20-30(27,28)16-8-6-15(7-9-16)22(25)26/h1-9,17-18,20,23H,10-13H2. The first kappa shape index (κ1) is 21.7. The van der Waals surface area contributed by atoms with Crippen LogP contribution in [0.4, 0.5) is 10.5 Å². The van der Waals surface area contributed by atoms with Crippen molar-refractivity contribution < 1.29 is 28.0 Å². The molecule has 2 aromatic rings. The number of nitrogens with one attached hydrogen (secondary N) is 1. The molecule has 1 saturated heterocycles. The number of β-amino-alcohol motifs (C(OH)–C–C–N with tert-alkyl or cyclic N) is 1. The van der Waals surface area contributed by atoms with Gasteiger partial charge in [-0.2, -0.15) is 0 Å².